The lowest BCUT2D eigenvalue weighted by atomic mass is 10.1. The van der Waals surface area contributed by atoms with Gasteiger partial charge in [0.25, 0.3) is 0 Å². The number of amides is 4. The van der Waals surface area contributed by atoms with Crippen LogP contribution in [0.2, 0.25) is 0 Å². The topological polar surface area (TPSA) is 357 Å². The van der Waals surface area contributed by atoms with Crippen LogP contribution in [0.4, 0.5) is 0 Å². The van der Waals surface area contributed by atoms with E-state index in [-0.39, 0.29) is 104 Å². The molecule has 0 spiro atoms. The van der Waals surface area contributed by atoms with Crippen LogP contribution in [0.3, 0.4) is 0 Å². The zero-order chi connectivity index (χ0) is 38.5. The molecule has 0 radical (unpaired) electrons. The molecule has 1 aliphatic heterocycles. The average molecular weight is 732 g/mol. The highest BCUT2D eigenvalue weighted by Gasteiger charge is 2.24. The van der Waals surface area contributed by atoms with Crippen molar-refractivity contribution < 1.29 is 58.8 Å². The van der Waals surface area contributed by atoms with Crippen molar-refractivity contribution in [3.8, 4) is 0 Å². The van der Waals surface area contributed by atoms with Crippen LogP contribution in [0.5, 0.6) is 0 Å². The standard InChI is InChI=1S/C28H49N11O12/c29-18(26(49)33-13-21(41)34-19(27(50)51)2-1-3-32-28(30)31)12-20(40)35-22(42)14-36-4-6-37(15-23(43)44)8-10-39(17-25(47)48)11-9-38(7-5-36)16-24(45)46/h18-19H,1-17,29H2,(H,33,49)(H,34,41)(H,43,44)(H,45,46)(H,47,48)(H,50,51)(H4,30,31,32)(H,35,40,42)/t18-,19-/m0/s1. The van der Waals surface area contributed by atoms with Gasteiger partial charge >= 0.3 is 23.9 Å². The summed E-state index contributed by atoms with van der Waals surface area (Å²) < 4.78 is 0. The predicted octanol–water partition coefficient (Wildman–Crippen LogP) is -6.44. The molecular weight excluding hydrogens is 682 g/mol. The minimum Gasteiger partial charge on any atom is -0.480 e. The number of nitrogens with zero attached hydrogens (tertiary/aromatic N) is 5. The summed E-state index contributed by atoms with van der Waals surface area (Å²) in [5, 5.41) is 43.8. The first-order chi connectivity index (χ1) is 23.9. The number of nitrogens with one attached hydrogen (secondary N) is 3. The number of hydrogen-bond acceptors (Lipinski definition) is 14. The van der Waals surface area contributed by atoms with Crippen LogP contribution in [0.15, 0.2) is 4.99 Å². The number of rotatable bonds is 19. The molecular formula is C28H49N11O12. The Kier molecular flexibility index (Phi) is 20.2. The van der Waals surface area contributed by atoms with E-state index in [0.717, 1.165) is 0 Å². The van der Waals surface area contributed by atoms with Crippen molar-refractivity contribution in [1.82, 2.24) is 35.6 Å². The molecule has 0 unspecified atom stereocenters. The van der Waals surface area contributed by atoms with Gasteiger partial charge in [-0.1, -0.05) is 0 Å². The third-order valence-corrected chi connectivity index (χ3v) is 7.40. The molecule has 0 aromatic rings. The lowest BCUT2D eigenvalue weighted by Gasteiger charge is -2.32. The lowest BCUT2D eigenvalue weighted by molar-refractivity contribution is -0.142. The number of guanidine groups is 1. The molecule has 288 valence electrons. The molecule has 1 fully saturated rings. The number of carboxylic acids is 4. The second-order valence-electron chi connectivity index (χ2n) is 11.7. The van der Waals surface area contributed by atoms with Gasteiger partial charge in [-0.3, -0.25) is 63.5 Å². The van der Waals surface area contributed by atoms with Crippen molar-refractivity contribution in [3.63, 3.8) is 0 Å². The van der Waals surface area contributed by atoms with Crippen LogP contribution in [0.1, 0.15) is 19.3 Å². The van der Waals surface area contributed by atoms with Crippen LogP contribution in [0.25, 0.3) is 0 Å². The summed E-state index contributed by atoms with van der Waals surface area (Å²) in [7, 11) is 0. The molecule has 13 N–H and O–H groups in total. The first kappa shape index (κ1) is 44.1. The highest BCUT2D eigenvalue weighted by molar-refractivity contribution is 5.98. The van der Waals surface area contributed by atoms with Crippen molar-refractivity contribution in [2.75, 3.05) is 91.6 Å². The number of hydrogen-bond donors (Lipinski definition) is 10. The number of aliphatic imine (C=N–C) groups is 1. The highest BCUT2D eigenvalue weighted by Crippen LogP contribution is 2.02. The summed E-state index contributed by atoms with van der Waals surface area (Å²) in [4.78, 5) is 106. The van der Waals surface area contributed by atoms with E-state index in [1.54, 1.807) is 19.6 Å². The molecule has 0 saturated carbocycles. The Morgan fingerprint density at radius 1 is 0.647 bits per heavy atom. The fourth-order valence-electron chi connectivity index (χ4n) is 4.83. The minimum absolute atomic E-state index is 0.00542. The number of carbonyl (C=O) groups excluding carboxylic acids is 4. The maximum Gasteiger partial charge on any atom is 0.326 e. The third kappa shape index (κ3) is 21.0. The van der Waals surface area contributed by atoms with Crippen LogP contribution >= 0.6 is 0 Å². The number of carbonyl (C=O) groups is 8. The summed E-state index contributed by atoms with van der Waals surface area (Å²) in [5.74, 6) is -8.25. The van der Waals surface area contributed by atoms with Gasteiger partial charge in [0.1, 0.15) is 6.04 Å². The van der Waals surface area contributed by atoms with E-state index in [9.17, 15) is 58.8 Å². The fraction of sp³-hybridized carbons (Fsp3) is 0.679. The van der Waals surface area contributed by atoms with Gasteiger partial charge in [-0.25, -0.2) is 4.79 Å². The molecule has 51 heavy (non-hydrogen) atoms. The van der Waals surface area contributed by atoms with Crippen molar-refractivity contribution in [1.29, 1.82) is 0 Å². The molecule has 1 aliphatic rings. The molecule has 23 heteroatoms. The zero-order valence-electron chi connectivity index (χ0n) is 28.2. The average Bonchev–Trinajstić information content (AvgIpc) is 3.01. The molecule has 1 heterocycles. The predicted molar refractivity (Wildman–Crippen MR) is 177 cm³/mol. The number of carboxylic acid groups (broad SMARTS) is 4. The van der Waals surface area contributed by atoms with Gasteiger partial charge in [0.05, 0.1) is 45.2 Å². The monoisotopic (exact) mass is 731 g/mol. The number of nitrogens with two attached hydrogens (primary N) is 3. The maximum atomic E-state index is 12.8. The van der Waals surface area contributed by atoms with Gasteiger partial charge in [-0.05, 0) is 12.8 Å². The molecule has 1 saturated heterocycles. The molecule has 1 rings (SSSR count). The van der Waals surface area contributed by atoms with Crippen LogP contribution in [-0.4, -0.2) is 197 Å². The van der Waals surface area contributed by atoms with Crippen molar-refractivity contribution in [2.45, 2.75) is 31.3 Å². The first-order valence-electron chi connectivity index (χ1n) is 15.9. The second-order valence-corrected chi connectivity index (χ2v) is 11.7. The van der Waals surface area contributed by atoms with E-state index in [2.05, 4.69) is 20.9 Å². The van der Waals surface area contributed by atoms with E-state index in [0.29, 0.717) is 0 Å². The van der Waals surface area contributed by atoms with Gasteiger partial charge in [0.2, 0.25) is 23.6 Å². The van der Waals surface area contributed by atoms with Gasteiger partial charge in [0.15, 0.2) is 5.96 Å². The fourth-order valence-corrected chi connectivity index (χ4v) is 4.83. The molecule has 0 aliphatic carbocycles. The van der Waals surface area contributed by atoms with Crippen LogP contribution in [0, 0.1) is 0 Å². The molecule has 2 atom stereocenters. The molecule has 23 nitrogen and oxygen atoms in total. The Labute approximate surface area is 293 Å². The van der Waals surface area contributed by atoms with E-state index < -0.39 is 72.6 Å². The Morgan fingerprint density at radius 2 is 1.08 bits per heavy atom. The van der Waals surface area contributed by atoms with Gasteiger partial charge in [-0.2, -0.15) is 0 Å². The second kappa shape index (κ2) is 23.4. The normalized spacial score (nSPS) is 16.6. The van der Waals surface area contributed by atoms with Crippen LogP contribution in [-0.2, 0) is 38.4 Å². The van der Waals surface area contributed by atoms with E-state index in [1.807, 2.05) is 0 Å². The Hall–Kier alpha value is -4.97. The van der Waals surface area contributed by atoms with Gasteiger partial charge < -0.3 is 48.3 Å². The van der Waals surface area contributed by atoms with E-state index in [1.165, 1.54) is 0 Å². The van der Waals surface area contributed by atoms with E-state index >= 15 is 0 Å². The molecule has 0 aromatic carbocycles. The summed E-state index contributed by atoms with van der Waals surface area (Å²) in [6.07, 6.45) is -0.391. The van der Waals surface area contributed by atoms with Gasteiger partial charge in [-0.15, -0.1) is 0 Å². The summed E-state index contributed by atoms with van der Waals surface area (Å²) in [6, 6.07) is -2.75. The quantitative estimate of drug-likeness (QED) is 0.0335. The van der Waals surface area contributed by atoms with Crippen LogP contribution < -0.4 is 33.2 Å². The van der Waals surface area contributed by atoms with Crippen molar-refractivity contribution in [2.24, 2.45) is 22.2 Å². The highest BCUT2D eigenvalue weighted by atomic mass is 16.4. The van der Waals surface area contributed by atoms with E-state index in [4.69, 9.17) is 17.2 Å². The summed E-state index contributed by atoms with van der Waals surface area (Å²) >= 11 is 0. The van der Waals surface area contributed by atoms with Crippen molar-refractivity contribution >= 4 is 53.5 Å². The largest absolute Gasteiger partial charge is 0.480 e. The Bertz CT molecular complexity index is 1230. The summed E-state index contributed by atoms with van der Waals surface area (Å²) in [6.45, 7) is -0.560. The maximum absolute atomic E-state index is 12.8. The molecule has 0 aromatic heterocycles. The number of aliphatic carboxylic acids is 4. The van der Waals surface area contributed by atoms with Crippen molar-refractivity contribution in [3.05, 3.63) is 0 Å². The number of imide groups is 1. The lowest BCUT2D eigenvalue weighted by Crippen LogP contribution is -2.51. The third-order valence-electron chi connectivity index (χ3n) is 7.40. The Morgan fingerprint density at radius 3 is 1.47 bits per heavy atom. The molecule has 0 bridgehead atoms. The van der Waals surface area contributed by atoms with Gasteiger partial charge in [0, 0.05) is 58.9 Å². The summed E-state index contributed by atoms with van der Waals surface area (Å²) in [5.41, 5.74) is 16.2. The first-order valence-corrected chi connectivity index (χ1v) is 15.9. The SMILES string of the molecule is NC(N)=NCCC[C@H](NC(=O)CNC(=O)[C@@H](N)CC(=O)NC(=O)CN1CCN(CC(=O)O)CCN(CC(=O)O)CCN(CC(=O)O)CC1)C(=O)O. The zero-order valence-corrected chi connectivity index (χ0v) is 28.2. The molecule has 4 amide bonds. The smallest absolute Gasteiger partial charge is 0.326 e. The minimum atomic E-state index is -1.48. The Balaban J connectivity index is 2.75.